The van der Waals surface area contributed by atoms with Crippen LogP contribution in [0.1, 0.15) is 25.6 Å². The van der Waals surface area contributed by atoms with E-state index in [1.807, 2.05) is 19.1 Å². The van der Waals surface area contributed by atoms with Gasteiger partial charge in [0.1, 0.15) is 29.0 Å². The standard InChI is InChI=1S/C24H24N4O5/c1-5-32-19-12-8-17(9-13-19)25-23(29)14(2)28-24(30)22-20(15(3)33-27-22)21(26-28)16-6-10-18(31-4)11-7-16/h6-14H,5H2,1-4H3,(H,25,29)/t14-/m0/s1. The Morgan fingerprint density at radius 2 is 1.79 bits per heavy atom. The van der Waals surface area contributed by atoms with E-state index in [0.717, 1.165) is 10.2 Å². The molecule has 0 aliphatic rings. The van der Waals surface area contributed by atoms with E-state index >= 15 is 0 Å². The van der Waals surface area contributed by atoms with Crippen LogP contribution in [-0.2, 0) is 4.79 Å². The highest BCUT2D eigenvalue weighted by Gasteiger charge is 2.24. The second-order valence-corrected chi connectivity index (χ2v) is 7.41. The first-order valence-corrected chi connectivity index (χ1v) is 10.5. The molecule has 2 aromatic carbocycles. The van der Waals surface area contributed by atoms with Crippen molar-refractivity contribution in [3.63, 3.8) is 0 Å². The smallest absolute Gasteiger partial charge is 0.297 e. The van der Waals surface area contributed by atoms with Gasteiger partial charge in [-0.3, -0.25) is 9.59 Å². The number of methoxy groups -OCH3 is 1. The Balaban J connectivity index is 1.71. The molecule has 0 saturated heterocycles. The zero-order chi connectivity index (χ0) is 23.5. The van der Waals surface area contributed by atoms with Crippen LogP contribution in [0.4, 0.5) is 5.69 Å². The normalized spacial score (nSPS) is 11.9. The van der Waals surface area contributed by atoms with Crippen LogP contribution in [0.15, 0.2) is 57.8 Å². The number of benzene rings is 2. The van der Waals surface area contributed by atoms with E-state index in [9.17, 15) is 9.59 Å². The molecule has 0 bridgehead atoms. The van der Waals surface area contributed by atoms with Crippen LogP contribution < -0.4 is 20.3 Å². The molecule has 0 fully saturated rings. The monoisotopic (exact) mass is 448 g/mol. The molecule has 170 valence electrons. The van der Waals surface area contributed by atoms with Crippen molar-refractivity contribution in [2.45, 2.75) is 26.8 Å². The zero-order valence-corrected chi connectivity index (χ0v) is 18.8. The van der Waals surface area contributed by atoms with Gasteiger partial charge >= 0.3 is 0 Å². The SMILES string of the molecule is CCOc1ccc(NC(=O)[C@H](C)n2nc(-c3ccc(OC)cc3)c3c(C)onc3c2=O)cc1. The highest BCUT2D eigenvalue weighted by Crippen LogP contribution is 2.29. The first-order valence-electron chi connectivity index (χ1n) is 10.5. The molecule has 0 aliphatic heterocycles. The third kappa shape index (κ3) is 4.30. The van der Waals surface area contributed by atoms with Crippen LogP contribution in [0.5, 0.6) is 11.5 Å². The summed E-state index contributed by atoms with van der Waals surface area (Å²) in [5, 5.41) is 11.8. The highest BCUT2D eigenvalue weighted by molar-refractivity contribution is 5.95. The number of aromatic nitrogens is 3. The van der Waals surface area contributed by atoms with Crippen molar-refractivity contribution in [3.05, 3.63) is 64.6 Å². The lowest BCUT2D eigenvalue weighted by Gasteiger charge is -2.16. The fraction of sp³-hybridized carbons (Fsp3) is 0.250. The summed E-state index contributed by atoms with van der Waals surface area (Å²) in [5.41, 5.74) is 1.42. The molecule has 9 heteroatoms. The summed E-state index contributed by atoms with van der Waals surface area (Å²) in [6, 6.07) is 13.3. The van der Waals surface area contributed by atoms with Gasteiger partial charge in [-0.05, 0) is 69.3 Å². The Labute approximate surface area is 189 Å². The Kier molecular flexibility index (Phi) is 6.12. The van der Waals surface area contributed by atoms with Crippen molar-refractivity contribution in [1.82, 2.24) is 14.9 Å². The van der Waals surface area contributed by atoms with E-state index in [4.69, 9.17) is 14.0 Å². The number of carbonyl (C=O) groups excluding carboxylic acids is 1. The number of nitrogens with one attached hydrogen (secondary N) is 1. The number of anilines is 1. The van der Waals surface area contributed by atoms with Gasteiger partial charge in [-0.15, -0.1) is 0 Å². The highest BCUT2D eigenvalue weighted by atomic mass is 16.5. The summed E-state index contributed by atoms with van der Waals surface area (Å²) in [6.07, 6.45) is 0. The van der Waals surface area contributed by atoms with Gasteiger partial charge in [0.25, 0.3) is 5.56 Å². The van der Waals surface area contributed by atoms with Gasteiger partial charge < -0.3 is 19.3 Å². The van der Waals surface area contributed by atoms with Crippen LogP contribution in [-0.4, -0.2) is 34.6 Å². The van der Waals surface area contributed by atoms with E-state index in [1.54, 1.807) is 57.4 Å². The van der Waals surface area contributed by atoms with Gasteiger partial charge in [0.2, 0.25) is 5.91 Å². The fourth-order valence-corrected chi connectivity index (χ4v) is 3.48. The fourth-order valence-electron chi connectivity index (χ4n) is 3.48. The number of amides is 1. The van der Waals surface area contributed by atoms with Gasteiger partial charge in [-0.2, -0.15) is 5.10 Å². The van der Waals surface area contributed by atoms with E-state index in [2.05, 4.69) is 15.6 Å². The maximum atomic E-state index is 13.1. The number of hydrogen-bond acceptors (Lipinski definition) is 7. The molecule has 0 radical (unpaired) electrons. The van der Waals surface area contributed by atoms with E-state index in [0.29, 0.717) is 40.6 Å². The first kappa shape index (κ1) is 22.1. The number of hydrogen-bond donors (Lipinski definition) is 1. The lowest BCUT2D eigenvalue weighted by molar-refractivity contribution is -0.119. The number of fused-ring (bicyclic) bond motifs is 1. The Bertz CT molecular complexity index is 1340. The van der Waals surface area contributed by atoms with Crippen molar-refractivity contribution in [3.8, 4) is 22.8 Å². The molecule has 4 rings (SSSR count). The predicted molar refractivity (Wildman–Crippen MR) is 124 cm³/mol. The molecule has 4 aromatic rings. The van der Waals surface area contributed by atoms with Crippen LogP contribution in [0.2, 0.25) is 0 Å². The molecule has 2 heterocycles. The number of nitrogens with zero attached hydrogens (tertiary/aromatic N) is 3. The summed E-state index contributed by atoms with van der Waals surface area (Å²) >= 11 is 0. The second-order valence-electron chi connectivity index (χ2n) is 7.41. The summed E-state index contributed by atoms with van der Waals surface area (Å²) in [5.74, 6) is 1.47. The third-order valence-electron chi connectivity index (χ3n) is 5.26. The molecular formula is C24H24N4O5. The van der Waals surface area contributed by atoms with Crippen LogP contribution in [0.3, 0.4) is 0 Å². The van der Waals surface area contributed by atoms with Crippen molar-refractivity contribution in [2.24, 2.45) is 0 Å². The minimum absolute atomic E-state index is 0.119. The van der Waals surface area contributed by atoms with Crippen molar-refractivity contribution < 1.29 is 18.8 Å². The van der Waals surface area contributed by atoms with E-state index in [1.165, 1.54) is 0 Å². The molecule has 33 heavy (non-hydrogen) atoms. The summed E-state index contributed by atoms with van der Waals surface area (Å²) < 4.78 is 17.1. The summed E-state index contributed by atoms with van der Waals surface area (Å²) in [7, 11) is 1.58. The maximum Gasteiger partial charge on any atom is 0.297 e. The molecule has 0 saturated carbocycles. The first-order chi connectivity index (χ1) is 15.9. The van der Waals surface area contributed by atoms with Crippen molar-refractivity contribution >= 4 is 22.5 Å². The quantitative estimate of drug-likeness (QED) is 0.456. The average molecular weight is 448 g/mol. The minimum Gasteiger partial charge on any atom is -0.497 e. The number of ether oxygens (including phenoxy) is 2. The molecule has 1 amide bonds. The van der Waals surface area contributed by atoms with Crippen LogP contribution in [0, 0.1) is 6.92 Å². The predicted octanol–water partition coefficient (Wildman–Crippen LogP) is 3.97. The molecule has 1 atom stereocenters. The Hall–Kier alpha value is -4.14. The average Bonchev–Trinajstić information content (AvgIpc) is 3.22. The lowest BCUT2D eigenvalue weighted by atomic mass is 10.1. The van der Waals surface area contributed by atoms with Crippen LogP contribution in [0.25, 0.3) is 22.2 Å². The van der Waals surface area contributed by atoms with E-state index < -0.39 is 17.5 Å². The van der Waals surface area contributed by atoms with Crippen molar-refractivity contribution in [1.29, 1.82) is 0 Å². The topological polar surface area (TPSA) is 108 Å². The molecule has 2 aromatic heterocycles. The Morgan fingerprint density at radius 1 is 1.12 bits per heavy atom. The number of rotatable bonds is 7. The number of carbonyl (C=O) groups is 1. The minimum atomic E-state index is -0.900. The molecule has 0 spiro atoms. The van der Waals surface area contributed by atoms with Gasteiger partial charge in [-0.1, -0.05) is 5.16 Å². The third-order valence-corrected chi connectivity index (χ3v) is 5.26. The largest absolute Gasteiger partial charge is 0.497 e. The molecule has 1 N–H and O–H groups in total. The molecular weight excluding hydrogens is 424 g/mol. The second kappa shape index (κ2) is 9.15. The van der Waals surface area contributed by atoms with E-state index in [-0.39, 0.29) is 5.52 Å². The Morgan fingerprint density at radius 3 is 2.42 bits per heavy atom. The van der Waals surface area contributed by atoms with Gasteiger partial charge in [0.05, 0.1) is 19.1 Å². The molecule has 9 nitrogen and oxygen atoms in total. The summed E-state index contributed by atoms with van der Waals surface area (Å²) in [6.45, 7) is 5.78. The summed E-state index contributed by atoms with van der Waals surface area (Å²) in [4.78, 5) is 26.0. The molecule has 0 unspecified atom stereocenters. The molecule has 0 aliphatic carbocycles. The number of aryl methyl sites for hydroxylation is 1. The lowest BCUT2D eigenvalue weighted by Crippen LogP contribution is -2.34. The zero-order valence-electron chi connectivity index (χ0n) is 18.8. The van der Waals surface area contributed by atoms with Gasteiger partial charge in [0, 0.05) is 11.3 Å². The van der Waals surface area contributed by atoms with Crippen molar-refractivity contribution in [2.75, 3.05) is 19.0 Å². The maximum absolute atomic E-state index is 13.1. The van der Waals surface area contributed by atoms with Gasteiger partial charge in [-0.25, -0.2) is 4.68 Å². The van der Waals surface area contributed by atoms with Crippen LogP contribution >= 0.6 is 0 Å². The van der Waals surface area contributed by atoms with Gasteiger partial charge in [0.15, 0.2) is 5.52 Å².